The Balaban J connectivity index is 1.80. The third-order valence-electron chi connectivity index (χ3n) is 7.02. The van der Waals surface area contributed by atoms with Crippen LogP contribution in [0.3, 0.4) is 0 Å². The third-order valence-corrected chi connectivity index (χ3v) is 7.02. The van der Waals surface area contributed by atoms with E-state index >= 15 is 0 Å². The predicted octanol–water partition coefficient (Wildman–Crippen LogP) is 5.77. The van der Waals surface area contributed by atoms with Crippen molar-refractivity contribution in [3.63, 3.8) is 0 Å². The topological polar surface area (TPSA) is 52.6 Å². The van der Waals surface area contributed by atoms with Crippen molar-refractivity contribution >= 4 is 11.9 Å². The smallest absolute Gasteiger partial charge is 0.306 e. The molecular formula is C24H42O4. The first-order chi connectivity index (χ1) is 13.2. The van der Waals surface area contributed by atoms with Gasteiger partial charge in [0.1, 0.15) is 12.2 Å². The van der Waals surface area contributed by atoms with E-state index in [-0.39, 0.29) is 37.0 Å². The average Bonchev–Trinajstić information content (AvgIpc) is 2.59. The average molecular weight is 395 g/mol. The van der Waals surface area contributed by atoms with Crippen LogP contribution in [-0.2, 0) is 19.1 Å². The highest BCUT2D eigenvalue weighted by Crippen LogP contribution is 2.36. The van der Waals surface area contributed by atoms with Gasteiger partial charge in [0.25, 0.3) is 0 Å². The molecule has 2 aliphatic carbocycles. The minimum Gasteiger partial charge on any atom is -0.462 e. The molecule has 4 nitrogen and oxygen atoms in total. The van der Waals surface area contributed by atoms with Crippen LogP contribution in [0.2, 0.25) is 0 Å². The molecule has 0 saturated heterocycles. The first-order valence-electron chi connectivity index (χ1n) is 11.6. The number of carbonyl (C=O) groups is 2. The molecule has 0 aliphatic heterocycles. The molecule has 2 aliphatic rings. The minimum absolute atomic E-state index is 0.00298. The Kier molecular flexibility index (Phi) is 8.82. The van der Waals surface area contributed by atoms with Gasteiger partial charge in [-0.1, -0.05) is 54.4 Å². The van der Waals surface area contributed by atoms with Crippen molar-refractivity contribution in [1.82, 2.24) is 0 Å². The van der Waals surface area contributed by atoms with Gasteiger partial charge in [0, 0.05) is 0 Å². The number of hydrogen-bond acceptors (Lipinski definition) is 4. The van der Waals surface area contributed by atoms with E-state index in [2.05, 4.69) is 41.5 Å². The van der Waals surface area contributed by atoms with Gasteiger partial charge in [0.2, 0.25) is 0 Å². The molecule has 0 amide bonds. The fourth-order valence-corrected chi connectivity index (χ4v) is 5.16. The van der Waals surface area contributed by atoms with E-state index < -0.39 is 0 Å². The fourth-order valence-electron chi connectivity index (χ4n) is 5.16. The van der Waals surface area contributed by atoms with E-state index in [4.69, 9.17) is 9.47 Å². The van der Waals surface area contributed by atoms with Crippen molar-refractivity contribution in [2.45, 2.75) is 105 Å². The fraction of sp³-hybridized carbons (Fsp3) is 0.917. The van der Waals surface area contributed by atoms with Crippen LogP contribution in [0.1, 0.15) is 92.9 Å². The van der Waals surface area contributed by atoms with E-state index in [1.807, 2.05) is 0 Å². The van der Waals surface area contributed by atoms with Crippen LogP contribution in [0.15, 0.2) is 0 Å². The highest BCUT2D eigenvalue weighted by atomic mass is 16.6. The molecule has 2 fully saturated rings. The Morgan fingerprint density at radius 2 is 1.07 bits per heavy atom. The standard InChI is InChI=1S/C24H42O4/c1-15(2)19-9-7-17(5)13-21(19)27-23(25)11-12-24(26)28-22-14-18(6)8-10-20(22)16(3)4/h15-22H,7-14H2,1-6H3/t17-,18-,19+,20+,21+,22+/m0/s1. The normalized spacial score (nSPS) is 33.7. The van der Waals surface area contributed by atoms with Gasteiger partial charge in [-0.25, -0.2) is 0 Å². The second-order valence-electron chi connectivity index (χ2n) is 10.2. The molecular weight excluding hydrogens is 352 g/mol. The first-order valence-corrected chi connectivity index (χ1v) is 11.6. The van der Waals surface area contributed by atoms with Crippen molar-refractivity contribution in [2.24, 2.45) is 35.5 Å². The number of ether oxygens (including phenoxy) is 2. The van der Waals surface area contributed by atoms with Gasteiger partial charge in [-0.3, -0.25) is 9.59 Å². The van der Waals surface area contributed by atoms with Gasteiger partial charge in [-0.15, -0.1) is 0 Å². The molecule has 0 bridgehead atoms. The lowest BCUT2D eigenvalue weighted by Gasteiger charge is -2.37. The summed E-state index contributed by atoms with van der Waals surface area (Å²) in [6, 6.07) is 0. The van der Waals surface area contributed by atoms with Crippen molar-refractivity contribution in [2.75, 3.05) is 0 Å². The van der Waals surface area contributed by atoms with Gasteiger partial charge in [0.15, 0.2) is 0 Å². The summed E-state index contributed by atoms with van der Waals surface area (Å²) >= 11 is 0. The van der Waals surface area contributed by atoms with E-state index in [1.54, 1.807) is 0 Å². The summed E-state index contributed by atoms with van der Waals surface area (Å²) < 4.78 is 11.6. The second-order valence-corrected chi connectivity index (χ2v) is 10.2. The molecule has 0 N–H and O–H groups in total. The quantitative estimate of drug-likeness (QED) is 0.514. The molecule has 0 spiro atoms. The maximum absolute atomic E-state index is 12.4. The van der Waals surface area contributed by atoms with Gasteiger partial charge in [-0.2, -0.15) is 0 Å². The van der Waals surface area contributed by atoms with Crippen LogP contribution in [0.25, 0.3) is 0 Å². The third kappa shape index (κ3) is 6.77. The van der Waals surface area contributed by atoms with Crippen molar-refractivity contribution < 1.29 is 19.1 Å². The SMILES string of the molecule is CC(C)[C@H]1CC[C@H](C)C[C@H]1OC(=O)CCC(=O)O[C@@H]1C[C@@H](C)CC[C@@H]1C(C)C. The Bertz CT molecular complexity index is 467. The van der Waals surface area contributed by atoms with Gasteiger partial charge >= 0.3 is 11.9 Å². The molecule has 0 aromatic carbocycles. The van der Waals surface area contributed by atoms with E-state index in [1.165, 1.54) is 12.8 Å². The summed E-state index contributed by atoms with van der Waals surface area (Å²) in [5, 5.41) is 0. The number of carbonyl (C=O) groups excluding carboxylic acids is 2. The summed E-state index contributed by atoms with van der Waals surface area (Å²) in [5.74, 6) is 2.58. The summed E-state index contributed by atoms with van der Waals surface area (Å²) in [6.45, 7) is 13.3. The number of rotatable bonds is 7. The molecule has 2 saturated carbocycles. The Morgan fingerprint density at radius 3 is 1.39 bits per heavy atom. The second kappa shape index (κ2) is 10.6. The maximum atomic E-state index is 12.4. The highest BCUT2D eigenvalue weighted by molar-refractivity contribution is 5.77. The summed E-state index contributed by atoms with van der Waals surface area (Å²) in [5.41, 5.74) is 0. The molecule has 28 heavy (non-hydrogen) atoms. The maximum Gasteiger partial charge on any atom is 0.306 e. The van der Waals surface area contributed by atoms with E-state index in [0.717, 1.165) is 25.7 Å². The van der Waals surface area contributed by atoms with Crippen LogP contribution in [0.5, 0.6) is 0 Å². The summed E-state index contributed by atoms with van der Waals surface area (Å²) in [7, 11) is 0. The van der Waals surface area contributed by atoms with Crippen LogP contribution in [-0.4, -0.2) is 24.1 Å². The Hall–Kier alpha value is -1.06. The van der Waals surface area contributed by atoms with Crippen molar-refractivity contribution in [3.8, 4) is 0 Å². The van der Waals surface area contributed by atoms with Crippen molar-refractivity contribution in [3.05, 3.63) is 0 Å². The summed E-state index contributed by atoms with van der Waals surface area (Å²) in [4.78, 5) is 24.8. The lowest BCUT2D eigenvalue weighted by atomic mass is 9.75. The summed E-state index contributed by atoms with van der Waals surface area (Å²) in [6.07, 6.45) is 6.79. The lowest BCUT2D eigenvalue weighted by molar-refractivity contribution is -0.163. The zero-order valence-electron chi connectivity index (χ0n) is 18.9. The van der Waals surface area contributed by atoms with E-state index in [0.29, 0.717) is 35.5 Å². The predicted molar refractivity (Wildman–Crippen MR) is 112 cm³/mol. The zero-order chi connectivity index (χ0) is 20.8. The van der Waals surface area contributed by atoms with Crippen LogP contribution in [0, 0.1) is 35.5 Å². The Labute approximate surface area is 172 Å². The number of esters is 2. The molecule has 0 aromatic heterocycles. The molecule has 4 heteroatoms. The zero-order valence-corrected chi connectivity index (χ0v) is 18.9. The highest BCUT2D eigenvalue weighted by Gasteiger charge is 2.35. The minimum atomic E-state index is -0.251. The van der Waals surface area contributed by atoms with Crippen LogP contribution >= 0.6 is 0 Å². The van der Waals surface area contributed by atoms with E-state index in [9.17, 15) is 9.59 Å². The molecule has 0 aromatic rings. The first kappa shape index (κ1) is 23.2. The van der Waals surface area contributed by atoms with Gasteiger partial charge in [0.05, 0.1) is 12.8 Å². The largest absolute Gasteiger partial charge is 0.462 e. The number of hydrogen-bond donors (Lipinski definition) is 0. The Morgan fingerprint density at radius 1 is 0.714 bits per heavy atom. The molecule has 0 heterocycles. The van der Waals surface area contributed by atoms with Gasteiger partial charge in [-0.05, 0) is 61.2 Å². The van der Waals surface area contributed by atoms with Crippen LogP contribution in [0.4, 0.5) is 0 Å². The molecule has 162 valence electrons. The monoisotopic (exact) mass is 394 g/mol. The lowest BCUT2D eigenvalue weighted by Crippen LogP contribution is -2.36. The van der Waals surface area contributed by atoms with Gasteiger partial charge < -0.3 is 9.47 Å². The molecule has 6 atom stereocenters. The molecule has 0 unspecified atom stereocenters. The van der Waals surface area contributed by atoms with Crippen LogP contribution < -0.4 is 0 Å². The molecule has 2 rings (SSSR count). The van der Waals surface area contributed by atoms with Crippen molar-refractivity contribution in [1.29, 1.82) is 0 Å². The molecule has 0 radical (unpaired) electrons.